The van der Waals surface area contributed by atoms with Crippen molar-refractivity contribution in [3.63, 3.8) is 0 Å². The summed E-state index contributed by atoms with van der Waals surface area (Å²) in [6, 6.07) is 6.28. The van der Waals surface area contributed by atoms with Gasteiger partial charge in [0.05, 0.1) is 23.7 Å². The first-order chi connectivity index (χ1) is 9.86. The first kappa shape index (κ1) is 15.5. The molecule has 4 nitrogen and oxygen atoms in total. The number of halogens is 3. The Morgan fingerprint density at radius 2 is 1.62 bits per heavy atom. The molecule has 0 aromatic heterocycles. The molecule has 0 bridgehead atoms. The van der Waals surface area contributed by atoms with Crippen molar-refractivity contribution in [3.8, 4) is 0 Å². The highest BCUT2D eigenvalue weighted by atomic mass is 19.4. The second-order valence-electron chi connectivity index (χ2n) is 4.87. The number of rotatable bonds is 5. The summed E-state index contributed by atoms with van der Waals surface area (Å²) in [7, 11) is 0. The van der Waals surface area contributed by atoms with Gasteiger partial charge < -0.3 is 5.11 Å². The number of alkyl halides is 3. The van der Waals surface area contributed by atoms with Crippen LogP contribution in [0.2, 0.25) is 0 Å². The van der Waals surface area contributed by atoms with Crippen molar-refractivity contribution in [2.45, 2.75) is 19.0 Å². The summed E-state index contributed by atoms with van der Waals surface area (Å²) in [4.78, 5) is 24.9. The summed E-state index contributed by atoms with van der Waals surface area (Å²) in [6.45, 7) is -1.08. The molecule has 0 saturated heterocycles. The average molecular weight is 301 g/mol. The van der Waals surface area contributed by atoms with Gasteiger partial charge in [0.2, 0.25) is 0 Å². The number of aliphatic hydroxyl groups excluding tert-OH is 1. The van der Waals surface area contributed by atoms with E-state index in [1.807, 2.05) is 0 Å². The number of fused-ring (bicyclic) bond motifs is 1. The molecule has 2 rings (SSSR count). The second kappa shape index (κ2) is 5.85. The molecule has 0 saturated carbocycles. The maximum Gasteiger partial charge on any atom is 0.394 e. The minimum atomic E-state index is -4.48. The lowest BCUT2D eigenvalue weighted by atomic mass is 10.0. The largest absolute Gasteiger partial charge is 0.396 e. The van der Waals surface area contributed by atoms with Crippen LogP contribution < -0.4 is 0 Å². The van der Waals surface area contributed by atoms with E-state index in [0.717, 1.165) is 4.90 Å². The van der Waals surface area contributed by atoms with Gasteiger partial charge in [0, 0.05) is 6.54 Å². The number of carbonyl (C=O) groups excluding carboxylic acids is 2. The molecule has 114 valence electrons. The predicted molar refractivity (Wildman–Crippen MR) is 67.7 cm³/mol. The van der Waals surface area contributed by atoms with Crippen molar-refractivity contribution < 1.29 is 27.9 Å². The fraction of sp³-hybridized carbons (Fsp3) is 0.429. The molecule has 2 amide bonds. The Morgan fingerprint density at radius 3 is 2.05 bits per heavy atom. The third kappa shape index (κ3) is 3.07. The number of carbonyl (C=O) groups is 2. The van der Waals surface area contributed by atoms with Crippen molar-refractivity contribution in [3.05, 3.63) is 35.4 Å². The predicted octanol–water partition coefficient (Wildman–Crippen LogP) is 2.23. The Balaban J connectivity index is 1.97. The smallest absolute Gasteiger partial charge is 0.394 e. The Morgan fingerprint density at radius 1 is 1.10 bits per heavy atom. The summed E-state index contributed by atoms with van der Waals surface area (Å²) < 4.78 is 37.4. The van der Waals surface area contributed by atoms with Gasteiger partial charge in [-0.05, 0) is 25.0 Å². The van der Waals surface area contributed by atoms with Gasteiger partial charge in [-0.1, -0.05) is 12.1 Å². The zero-order chi connectivity index (χ0) is 15.6. The molecule has 0 radical (unpaired) electrons. The van der Waals surface area contributed by atoms with Crippen LogP contribution in [0.3, 0.4) is 0 Å². The summed E-state index contributed by atoms with van der Waals surface area (Å²) in [5.41, 5.74) is 0.550. The number of hydrogen-bond donors (Lipinski definition) is 1. The Bertz CT molecular complexity index is 522. The van der Waals surface area contributed by atoms with Crippen LogP contribution in [0.25, 0.3) is 0 Å². The van der Waals surface area contributed by atoms with Crippen LogP contribution in [0.1, 0.15) is 33.6 Å². The maximum absolute atomic E-state index is 12.5. The minimum Gasteiger partial charge on any atom is -0.396 e. The molecule has 1 aliphatic heterocycles. The molecule has 1 heterocycles. The van der Waals surface area contributed by atoms with Crippen molar-refractivity contribution in [1.29, 1.82) is 0 Å². The number of amides is 2. The molecule has 7 heteroatoms. The van der Waals surface area contributed by atoms with Crippen molar-refractivity contribution >= 4 is 11.8 Å². The normalized spacial score (nSPS) is 16.3. The number of hydrogen-bond acceptors (Lipinski definition) is 3. The van der Waals surface area contributed by atoms with Crippen LogP contribution in [-0.4, -0.2) is 41.1 Å². The van der Waals surface area contributed by atoms with E-state index in [1.54, 1.807) is 12.1 Å². The average Bonchev–Trinajstić information content (AvgIpc) is 2.67. The zero-order valence-electron chi connectivity index (χ0n) is 11.1. The second-order valence-corrected chi connectivity index (χ2v) is 4.87. The summed E-state index contributed by atoms with van der Waals surface area (Å²) in [5, 5.41) is 8.73. The summed E-state index contributed by atoms with van der Waals surface area (Å²) in [5.74, 6) is -2.79. The molecule has 0 fully saturated rings. The van der Waals surface area contributed by atoms with Crippen LogP contribution >= 0.6 is 0 Å². The molecular weight excluding hydrogens is 287 g/mol. The summed E-state index contributed by atoms with van der Waals surface area (Å²) >= 11 is 0. The van der Waals surface area contributed by atoms with Crippen LogP contribution in [0.4, 0.5) is 13.2 Å². The van der Waals surface area contributed by atoms with Gasteiger partial charge in [-0.2, -0.15) is 13.2 Å². The van der Waals surface area contributed by atoms with E-state index in [-0.39, 0.29) is 30.5 Å². The molecule has 1 aromatic rings. The van der Waals surface area contributed by atoms with Crippen LogP contribution in [0, 0.1) is 5.92 Å². The van der Waals surface area contributed by atoms with Gasteiger partial charge in [-0.15, -0.1) is 0 Å². The third-order valence-electron chi connectivity index (χ3n) is 3.50. The van der Waals surface area contributed by atoms with Gasteiger partial charge >= 0.3 is 6.18 Å². The summed E-state index contributed by atoms with van der Waals surface area (Å²) in [6.07, 6.45) is -4.81. The molecule has 1 aliphatic rings. The van der Waals surface area contributed by atoms with E-state index in [9.17, 15) is 22.8 Å². The van der Waals surface area contributed by atoms with E-state index >= 15 is 0 Å². The quantitative estimate of drug-likeness (QED) is 0.849. The fourth-order valence-electron chi connectivity index (χ4n) is 2.30. The standard InChI is InChI=1S/C14H14F3NO3/c15-14(16,17)9(8-19)4-3-7-18-12(20)10-5-1-2-6-11(10)13(18)21/h1-2,5-6,9,19H,3-4,7-8H2/t9-/m0/s1. The zero-order valence-corrected chi connectivity index (χ0v) is 11.1. The Hall–Kier alpha value is -1.89. The SMILES string of the molecule is O=C1c2ccccc2C(=O)N1CCC[C@@H](CO)C(F)(F)F. The molecular formula is C14H14F3NO3. The lowest BCUT2D eigenvalue weighted by Gasteiger charge is -2.19. The monoisotopic (exact) mass is 301 g/mol. The molecule has 0 unspecified atom stereocenters. The molecule has 0 aliphatic carbocycles. The molecule has 0 spiro atoms. The highest BCUT2D eigenvalue weighted by Gasteiger charge is 2.39. The van der Waals surface area contributed by atoms with Gasteiger partial charge in [-0.3, -0.25) is 14.5 Å². The number of nitrogens with zero attached hydrogens (tertiary/aromatic N) is 1. The van der Waals surface area contributed by atoms with E-state index < -0.39 is 30.5 Å². The lowest BCUT2D eigenvalue weighted by molar-refractivity contribution is -0.185. The topological polar surface area (TPSA) is 57.6 Å². The maximum atomic E-state index is 12.5. The van der Waals surface area contributed by atoms with Crippen molar-refractivity contribution in [1.82, 2.24) is 4.90 Å². The van der Waals surface area contributed by atoms with Gasteiger partial charge in [0.15, 0.2) is 0 Å². The molecule has 1 atom stereocenters. The van der Waals surface area contributed by atoms with Gasteiger partial charge in [0.25, 0.3) is 11.8 Å². The number of benzene rings is 1. The van der Waals surface area contributed by atoms with Crippen molar-refractivity contribution in [2.75, 3.05) is 13.2 Å². The van der Waals surface area contributed by atoms with Gasteiger partial charge in [0.1, 0.15) is 0 Å². The van der Waals surface area contributed by atoms with E-state index in [1.165, 1.54) is 12.1 Å². The number of imide groups is 1. The van der Waals surface area contributed by atoms with Gasteiger partial charge in [-0.25, -0.2) is 0 Å². The Labute approximate surface area is 119 Å². The van der Waals surface area contributed by atoms with Crippen LogP contribution in [-0.2, 0) is 0 Å². The highest BCUT2D eigenvalue weighted by molar-refractivity contribution is 6.21. The fourth-order valence-corrected chi connectivity index (χ4v) is 2.30. The first-order valence-corrected chi connectivity index (χ1v) is 6.49. The van der Waals surface area contributed by atoms with E-state index in [2.05, 4.69) is 0 Å². The lowest BCUT2D eigenvalue weighted by Crippen LogP contribution is -2.32. The molecule has 1 N–H and O–H groups in total. The van der Waals surface area contributed by atoms with Crippen molar-refractivity contribution in [2.24, 2.45) is 5.92 Å². The Kier molecular flexibility index (Phi) is 4.32. The minimum absolute atomic E-state index is 0.00376. The number of aliphatic hydroxyl groups is 1. The van der Waals surface area contributed by atoms with E-state index in [0.29, 0.717) is 0 Å². The van der Waals surface area contributed by atoms with Crippen LogP contribution in [0.5, 0.6) is 0 Å². The first-order valence-electron chi connectivity index (χ1n) is 6.49. The molecule has 1 aromatic carbocycles. The third-order valence-corrected chi connectivity index (χ3v) is 3.50. The van der Waals surface area contributed by atoms with Crippen LogP contribution in [0.15, 0.2) is 24.3 Å². The highest BCUT2D eigenvalue weighted by Crippen LogP contribution is 2.30. The molecule has 21 heavy (non-hydrogen) atoms. The van der Waals surface area contributed by atoms with E-state index in [4.69, 9.17) is 5.11 Å².